The molecule has 2 unspecified atom stereocenters. The minimum atomic E-state index is -0.916. The fraction of sp³-hybridized carbons (Fsp3) is 0.538. The predicted molar refractivity (Wildman–Crippen MR) is 71.7 cm³/mol. The van der Waals surface area contributed by atoms with Crippen molar-refractivity contribution in [2.45, 2.75) is 12.2 Å². The molecule has 1 rings (SSSR count). The molecule has 0 spiro atoms. The third-order valence-corrected chi connectivity index (χ3v) is 2.13. The van der Waals surface area contributed by atoms with Gasteiger partial charge in [0.2, 0.25) is 0 Å². The van der Waals surface area contributed by atoms with Crippen LogP contribution in [0, 0.1) is 0 Å². The van der Waals surface area contributed by atoms with Crippen molar-refractivity contribution in [1.29, 1.82) is 0 Å². The molecule has 0 saturated heterocycles. The zero-order valence-electron chi connectivity index (χ0n) is 11.3. The molecule has 0 aliphatic rings. The quantitative estimate of drug-likeness (QED) is 0.442. The van der Waals surface area contributed by atoms with Gasteiger partial charge in [0, 0.05) is 0 Å². The number of hydrogen-bond donors (Lipinski definition) is 5. The number of hydrogen-bond acceptors (Lipinski definition) is 7. The van der Waals surface area contributed by atoms with E-state index in [1.807, 2.05) is 0 Å². The van der Waals surface area contributed by atoms with Crippen LogP contribution in [0.2, 0.25) is 0 Å². The van der Waals surface area contributed by atoms with E-state index in [9.17, 15) is 0 Å². The average Bonchev–Trinajstić information content (AvgIpc) is 2.48. The second-order valence-electron chi connectivity index (χ2n) is 3.88. The van der Waals surface area contributed by atoms with Gasteiger partial charge in [0.25, 0.3) is 0 Å². The van der Waals surface area contributed by atoms with Gasteiger partial charge in [-0.2, -0.15) is 0 Å². The zero-order valence-corrected chi connectivity index (χ0v) is 11.3. The molecule has 0 aromatic heterocycles. The van der Waals surface area contributed by atoms with E-state index in [4.69, 9.17) is 35.0 Å². The second kappa shape index (κ2) is 11.4. The Hall–Kier alpha value is -1.38. The monoisotopic (exact) mass is 290 g/mol. The van der Waals surface area contributed by atoms with Crippen molar-refractivity contribution in [3.05, 3.63) is 24.3 Å². The lowest BCUT2D eigenvalue weighted by Gasteiger charge is -2.10. The van der Waals surface area contributed by atoms with E-state index < -0.39 is 12.2 Å². The maximum Gasteiger partial charge on any atom is 0.160 e. The van der Waals surface area contributed by atoms with E-state index in [1.54, 1.807) is 24.3 Å². The number of ether oxygens (including phenoxy) is 2. The lowest BCUT2D eigenvalue weighted by atomic mass is 10.3. The number of phenols is 1. The van der Waals surface area contributed by atoms with Crippen molar-refractivity contribution in [2.24, 2.45) is 0 Å². The molecule has 2 atom stereocenters. The van der Waals surface area contributed by atoms with Gasteiger partial charge in [0.15, 0.2) is 11.5 Å². The van der Waals surface area contributed by atoms with Crippen LogP contribution in [-0.4, -0.2) is 71.3 Å². The largest absolute Gasteiger partial charge is 0.504 e. The molecular weight excluding hydrogens is 268 g/mol. The first-order valence-electron chi connectivity index (χ1n) is 6.02. The number of phenolic OH excluding ortho intramolecular Hbond substituents is 1. The molecule has 0 bridgehead atoms. The molecule has 20 heavy (non-hydrogen) atoms. The first kappa shape index (κ1) is 18.6. The Labute approximate surface area is 117 Å². The maximum absolute atomic E-state index is 8.99. The SMILES string of the molecule is COc1ccccc1O.OCC(O)COCC(O)CO. The van der Waals surface area contributed by atoms with Crippen molar-refractivity contribution in [3.63, 3.8) is 0 Å². The summed E-state index contributed by atoms with van der Waals surface area (Å²) in [6.07, 6.45) is -1.83. The first-order valence-corrected chi connectivity index (χ1v) is 6.02. The van der Waals surface area contributed by atoms with Crippen LogP contribution in [0.25, 0.3) is 0 Å². The summed E-state index contributed by atoms with van der Waals surface area (Å²) in [5, 5.41) is 43.1. The summed E-state index contributed by atoms with van der Waals surface area (Å²) in [7, 11) is 1.52. The summed E-state index contributed by atoms with van der Waals surface area (Å²) in [4.78, 5) is 0. The van der Waals surface area contributed by atoms with E-state index in [2.05, 4.69) is 0 Å². The van der Waals surface area contributed by atoms with Crippen LogP contribution < -0.4 is 4.74 Å². The first-order chi connectivity index (χ1) is 9.54. The smallest absolute Gasteiger partial charge is 0.160 e. The van der Waals surface area contributed by atoms with Gasteiger partial charge in [-0.15, -0.1) is 0 Å². The number of para-hydroxylation sites is 2. The van der Waals surface area contributed by atoms with Gasteiger partial charge in [-0.1, -0.05) is 12.1 Å². The van der Waals surface area contributed by atoms with Gasteiger partial charge < -0.3 is 35.0 Å². The standard InChI is InChI=1S/C7H8O2.C6H14O5/c1-9-7-5-3-2-4-6(7)8;7-1-5(9)3-11-4-6(10)2-8/h2-5,8H,1H3;5-10H,1-4H2. The van der Waals surface area contributed by atoms with E-state index in [0.29, 0.717) is 5.75 Å². The van der Waals surface area contributed by atoms with Crippen LogP contribution in [0.15, 0.2) is 24.3 Å². The zero-order chi connectivity index (χ0) is 15.4. The van der Waals surface area contributed by atoms with Crippen LogP contribution in [0.3, 0.4) is 0 Å². The number of methoxy groups -OCH3 is 1. The Bertz CT molecular complexity index is 335. The predicted octanol–water partition coefficient (Wildman–Crippen LogP) is -0.890. The average molecular weight is 290 g/mol. The molecule has 116 valence electrons. The van der Waals surface area contributed by atoms with Crippen molar-refractivity contribution in [3.8, 4) is 11.5 Å². The van der Waals surface area contributed by atoms with Gasteiger partial charge in [-0.3, -0.25) is 0 Å². The van der Waals surface area contributed by atoms with Crippen LogP contribution in [0.5, 0.6) is 11.5 Å². The fourth-order valence-electron chi connectivity index (χ4n) is 1.08. The summed E-state index contributed by atoms with van der Waals surface area (Å²) >= 11 is 0. The number of aliphatic hydroxyl groups is 4. The highest BCUT2D eigenvalue weighted by Crippen LogP contribution is 2.22. The van der Waals surface area contributed by atoms with Gasteiger partial charge in [-0.25, -0.2) is 0 Å². The lowest BCUT2D eigenvalue weighted by Crippen LogP contribution is -2.25. The van der Waals surface area contributed by atoms with Crippen LogP contribution in [0.1, 0.15) is 0 Å². The summed E-state index contributed by atoms with van der Waals surface area (Å²) < 4.78 is 9.51. The van der Waals surface area contributed by atoms with Crippen molar-refractivity contribution in [1.82, 2.24) is 0 Å². The molecule has 0 amide bonds. The third-order valence-electron chi connectivity index (χ3n) is 2.13. The summed E-state index contributed by atoms with van der Waals surface area (Å²) in [6, 6.07) is 6.84. The van der Waals surface area contributed by atoms with Crippen molar-refractivity contribution < 1.29 is 35.0 Å². The summed E-state index contributed by atoms with van der Waals surface area (Å²) in [5.74, 6) is 0.692. The molecule has 0 radical (unpaired) electrons. The minimum absolute atomic E-state index is 0.0342. The van der Waals surface area contributed by atoms with Gasteiger partial charge in [0.05, 0.1) is 33.5 Å². The Morgan fingerprint density at radius 3 is 1.85 bits per heavy atom. The highest BCUT2D eigenvalue weighted by Gasteiger charge is 2.04. The molecule has 0 fully saturated rings. The Morgan fingerprint density at radius 1 is 1.00 bits per heavy atom. The molecule has 7 heteroatoms. The van der Waals surface area contributed by atoms with Gasteiger partial charge >= 0.3 is 0 Å². The molecule has 1 aromatic rings. The summed E-state index contributed by atoms with van der Waals surface area (Å²) in [6.45, 7) is -0.800. The number of rotatable bonds is 7. The molecule has 0 aliphatic heterocycles. The van der Waals surface area contributed by atoms with E-state index in [0.717, 1.165) is 0 Å². The second-order valence-corrected chi connectivity index (χ2v) is 3.88. The number of aliphatic hydroxyl groups excluding tert-OH is 4. The Kier molecular flexibility index (Phi) is 10.7. The third kappa shape index (κ3) is 8.68. The molecule has 1 aromatic carbocycles. The van der Waals surface area contributed by atoms with E-state index >= 15 is 0 Å². The maximum atomic E-state index is 8.99. The highest BCUT2D eigenvalue weighted by molar-refractivity contribution is 5.37. The number of aromatic hydroxyl groups is 1. The van der Waals surface area contributed by atoms with Gasteiger partial charge in [0.1, 0.15) is 12.2 Å². The highest BCUT2D eigenvalue weighted by atomic mass is 16.5. The normalized spacial score (nSPS) is 13.1. The van der Waals surface area contributed by atoms with E-state index in [1.165, 1.54) is 7.11 Å². The van der Waals surface area contributed by atoms with Crippen molar-refractivity contribution >= 4 is 0 Å². The minimum Gasteiger partial charge on any atom is -0.504 e. The molecular formula is C13H22O7. The lowest BCUT2D eigenvalue weighted by molar-refractivity contribution is -0.0364. The number of benzene rings is 1. The molecule has 0 aliphatic carbocycles. The van der Waals surface area contributed by atoms with Crippen LogP contribution >= 0.6 is 0 Å². The Morgan fingerprint density at radius 2 is 1.50 bits per heavy atom. The molecule has 5 N–H and O–H groups in total. The molecule has 0 heterocycles. The van der Waals surface area contributed by atoms with Crippen molar-refractivity contribution in [2.75, 3.05) is 33.5 Å². The van der Waals surface area contributed by atoms with Crippen LogP contribution in [-0.2, 0) is 4.74 Å². The molecule has 7 nitrogen and oxygen atoms in total. The Balaban J connectivity index is 0.000000367. The molecule has 0 saturated carbocycles. The van der Waals surface area contributed by atoms with E-state index in [-0.39, 0.29) is 32.2 Å². The van der Waals surface area contributed by atoms with Gasteiger partial charge in [-0.05, 0) is 12.1 Å². The fourth-order valence-corrected chi connectivity index (χ4v) is 1.08. The summed E-state index contributed by atoms with van der Waals surface area (Å²) in [5.41, 5.74) is 0. The topological polar surface area (TPSA) is 120 Å². The van der Waals surface area contributed by atoms with Crippen LogP contribution in [0.4, 0.5) is 0 Å².